The Morgan fingerprint density at radius 1 is 0.968 bits per heavy atom. The van der Waals surface area contributed by atoms with E-state index in [1.54, 1.807) is 6.92 Å². The van der Waals surface area contributed by atoms with Gasteiger partial charge in [0.05, 0.1) is 5.92 Å². The maximum Gasteiger partial charge on any atom is 0.302 e. The number of hydrogen-bond acceptors (Lipinski definition) is 6. The quantitative estimate of drug-likeness (QED) is 0.633. The molecule has 6 nitrogen and oxygen atoms in total. The van der Waals surface area contributed by atoms with Gasteiger partial charge in [-0.3, -0.25) is 19.2 Å². The number of ether oxygens (including phenoxy) is 2. The van der Waals surface area contributed by atoms with E-state index >= 15 is 0 Å². The fraction of sp³-hybridized carbons (Fsp3) is 0.760. The molecule has 0 N–H and O–H groups in total. The van der Waals surface area contributed by atoms with Crippen LogP contribution in [0.15, 0.2) is 11.6 Å². The van der Waals surface area contributed by atoms with Gasteiger partial charge in [0.15, 0.2) is 5.78 Å². The lowest BCUT2D eigenvalue weighted by Crippen LogP contribution is -2.54. The monoisotopic (exact) mass is 430 g/mol. The SMILES string of the molecule is CC(=O)O[C@H]1CC[C@@]2(C)C(=CC(=O)[C@H]3[C@@H]4C[C@H](OC(C)=O)[C@H](C(C)=O)[C@@]4(C)CC[C@@H]32)C1. The summed E-state index contributed by atoms with van der Waals surface area (Å²) in [7, 11) is 0. The molecule has 3 fully saturated rings. The molecule has 0 aromatic rings. The number of rotatable bonds is 3. The van der Waals surface area contributed by atoms with E-state index in [0.717, 1.165) is 31.3 Å². The third-order valence-corrected chi connectivity index (χ3v) is 8.99. The minimum absolute atomic E-state index is 0.0258. The van der Waals surface area contributed by atoms with E-state index in [-0.39, 0.29) is 64.1 Å². The Balaban J connectivity index is 1.67. The molecule has 0 aromatic carbocycles. The van der Waals surface area contributed by atoms with Crippen LogP contribution in [0, 0.1) is 34.5 Å². The zero-order valence-corrected chi connectivity index (χ0v) is 19.2. The van der Waals surface area contributed by atoms with Crippen molar-refractivity contribution in [3.63, 3.8) is 0 Å². The van der Waals surface area contributed by atoms with Crippen LogP contribution in [0.2, 0.25) is 0 Å². The molecule has 170 valence electrons. The van der Waals surface area contributed by atoms with Gasteiger partial charge in [0.1, 0.15) is 18.0 Å². The van der Waals surface area contributed by atoms with Crippen molar-refractivity contribution in [2.24, 2.45) is 34.5 Å². The fourth-order valence-electron chi connectivity index (χ4n) is 7.75. The third-order valence-electron chi connectivity index (χ3n) is 8.99. The molecule has 31 heavy (non-hydrogen) atoms. The van der Waals surface area contributed by atoms with Crippen LogP contribution in [0.5, 0.6) is 0 Å². The molecule has 0 bridgehead atoms. The first-order valence-electron chi connectivity index (χ1n) is 11.6. The molecule has 0 aromatic heterocycles. The number of fused-ring (bicyclic) bond motifs is 5. The van der Waals surface area contributed by atoms with E-state index < -0.39 is 6.10 Å². The number of carbonyl (C=O) groups excluding carboxylic acids is 4. The Morgan fingerprint density at radius 3 is 2.26 bits per heavy atom. The highest BCUT2D eigenvalue weighted by molar-refractivity contribution is 5.95. The van der Waals surface area contributed by atoms with Gasteiger partial charge in [-0.15, -0.1) is 0 Å². The second-order valence-corrected chi connectivity index (χ2v) is 10.7. The minimum atomic E-state index is -0.450. The average Bonchev–Trinajstić information content (AvgIpc) is 2.93. The first kappa shape index (κ1) is 22.2. The molecule has 6 heteroatoms. The summed E-state index contributed by atoms with van der Waals surface area (Å²) in [5, 5.41) is 0. The van der Waals surface area contributed by atoms with E-state index in [2.05, 4.69) is 13.8 Å². The van der Waals surface area contributed by atoms with E-state index in [4.69, 9.17) is 9.47 Å². The zero-order chi connectivity index (χ0) is 22.7. The molecule has 8 atom stereocenters. The number of carbonyl (C=O) groups is 4. The van der Waals surface area contributed by atoms with Crippen LogP contribution >= 0.6 is 0 Å². The molecular weight excluding hydrogens is 396 g/mol. The van der Waals surface area contributed by atoms with Gasteiger partial charge < -0.3 is 9.47 Å². The molecule has 4 aliphatic rings. The molecule has 0 spiro atoms. The number of esters is 2. The van der Waals surface area contributed by atoms with Gasteiger partial charge in [-0.25, -0.2) is 0 Å². The summed E-state index contributed by atoms with van der Waals surface area (Å²) in [5.74, 6) is -0.751. The van der Waals surface area contributed by atoms with Crippen LogP contribution in [0.4, 0.5) is 0 Å². The standard InChI is InChI=1S/C25H34O6/c1-13(26)23-21(31-15(3)28)12-19-22-18(7-9-25(19,23)5)24(4)8-6-17(30-14(2)27)10-16(24)11-20(22)29/h11,17-19,21-23H,6-10,12H2,1-5H3/t17-,18-,19-,21-,22+,23-,24-,25-/m0/s1. The van der Waals surface area contributed by atoms with Gasteiger partial charge in [0, 0.05) is 26.2 Å². The van der Waals surface area contributed by atoms with Crippen LogP contribution in [0.25, 0.3) is 0 Å². The maximum absolute atomic E-state index is 13.5. The number of hydrogen-bond donors (Lipinski definition) is 0. The Bertz CT molecular complexity index is 858. The van der Waals surface area contributed by atoms with E-state index in [0.29, 0.717) is 12.8 Å². The van der Waals surface area contributed by atoms with Crippen molar-refractivity contribution in [1.82, 2.24) is 0 Å². The topological polar surface area (TPSA) is 86.7 Å². The van der Waals surface area contributed by atoms with Crippen molar-refractivity contribution in [2.45, 2.75) is 85.4 Å². The van der Waals surface area contributed by atoms with Crippen LogP contribution in [-0.4, -0.2) is 35.7 Å². The molecule has 0 aliphatic heterocycles. The highest BCUT2D eigenvalue weighted by Gasteiger charge is 2.64. The van der Waals surface area contributed by atoms with Crippen molar-refractivity contribution in [1.29, 1.82) is 0 Å². The van der Waals surface area contributed by atoms with Crippen molar-refractivity contribution >= 4 is 23.5 Å². The predicted molar refractivity (Wildman–Crippen MR) is 113 cm³/mol. The molecule has 0 radical (unpaired) electrons. The summed E-state index contributed by atoms with van der Waals surface area (Å²) in [5.41, 5.74) is 0.679. The number of Topliss-reactive ketones (excluding diaryl/α,β-unsaturated/α-hetero) is 1. The van der Waals surface area contributed by atoms with Crippen molar-refractivity contribution in [3.05, 3.63) is 11.6 Å². The number of allylic oxidation sites excluding steroid dienone is 1. The Morgan fingerprint density at radius 2 is 1.65 bits per heavy atom. The molecule has 0 amide bonds. The van der Waals surface area contributed by atoms with Crippen molar-refractivity contribution in [3.8, 4) is 0 Å². The molecular formula is C25H34O6. The lowest BCUT2D eigenvalue weighted by Gasteiger charge is -2.56. The molecule has 3 saturated carbocycles. The maximum atomic E-state index is 13.5. The minimum Gasteiger partial charge on any atom is -0.462 e. The normalized spacial score (nSPS) is 43.8. The van der Waals surface area contributed by atoms with Crippen LogP contribution in [0.1, 0.15) is 73.1 Å². The van der Waals surface area contributed by atoms with Crippen molar-refractivity contribution < 1.29 is 28.7 Å². The van der Waals surface area contributed by atoms with Crippen LogP contribution in [0.3, 0.4) is 0 Å². The van der Waals surface area contributed by atoms with E-state index in [1.807, 2.05) is 6.08 Å². The molecule has 0 saturated heterocycles. The Kier molecular flexibility index (Phi) is 5.42. The first-order valence-corrected chi connectivity index (χ1v) is 11.6. The third kappa shape index (κ3) is 3.46. The molecule has 0 heterocycles. The summed E-state index contributed by atoms with van der Waals surface area (Å²) in [6.07, 6.45) is 5.83. The predicted octanol–water partition coefficient (Wildman–Crippen LogP) is 3.81. The number of ketones is 2. The van der Waals surface area contributed by atoms with E-state index in [1.165, 1.54) is 13.8 Å². The highest BCUT2D eigenvalue weighted by atomic mass is 16.5. The van der Waals surface area contributed by atoms with Crippen LogP contribution < -0.4 is 0 Å². The zero-order valence-electron chi connectivity index (χ0n) is 19.2. The smallest absolute Gasteiger partial charge is 0.302 e. The molecule has 4 rings (SSSR count). The lowest BCUT2D eigenvalue weighted by atomic mass is 9.47. The average molecular weight is 431 g/mol. The van der Waals surface area contributed by atoms with Gasteiger partial charge in [-0.05, 0) is 67.8 Å². The lowest BCUT2D eigenvalue weighted by molar-refractivity contribution is -0.153. The summed E-state index contributed by atoms with van der Waals surface area (Å²) < 4.78 is 11.1. The summed E-state index contributed by atoms with van der Waals surface area (Å²) in [4.78, 5) is 49.2. The highest BCUT2D eigenvalue weighted by Crippen LogP contribution is 2.66. The van der Waals surface area contributed by atoms with Crippen LogP contribution in [-0.2, 0) is 28.7 Å². The van der Waals surface area contributed by atoms with Gasteiger partial charge in [-0.2, -0.15) is 0 Å². The second kappa shape index (κ2) is 7.56. The first-order chi connectivity index (χ1) is 14.5. The summed E-state index contributed by atoms with van der Waals surface area (Å²) in [6.45, 7) is 8.77. The Labute approximate surface area is 184 Å². The Hall–Kier alpha value is -1.98. The summed E-state index contributed by atoms with van der Waals surface area (Å²) >= 11 is 0. The largest absolute Gasteiger partial charge is 0.462 e. The molecule has 0 unspecified atom stereocenters. The van der Waals surface area contributed by atoms with Gasteiger partial charge in [0.25, 0.3) is 0 Å². The van der Waals surface area contributed by atoms with E-state index in [9.17, 15) is 19.2 Å². The summed E-state index contributed by atoms with van der Waals surface area (Å²) in [6, 6.07) is 0. The van der Waals surface area contributed by atoms with Gasteiger partial charge in [0.2, 0.25) is 0 Å². The second-order valence-electron chi connectivity index (χ2n) is 10.7. The fourth-order valence-corrected chi connectivity index (χ4v) is 7.75. The molecule has 4 aliphatic carbocycles. The van der Waals surface area contributed by atoms with Gasteiger partial charge >= 0.3 is 11.9 Å². The van der Waals surface area contributed by atoms with Gasteiger partial charge in [-0.1, -0.05) is 19.4 Å². The van der Waals surface area contributed by atoms with Crippen molar-refractivity contribution in [2.75, 3.05) is 0 Å².